The summed E-state index contributed by atoms with van der Waals surface area (Å²) < 4.78 is 34.1. The Bertz CT molecular complexity index is 947. The van der Waals surface area contributed by atoms with Crippen LogP contribution >= 0.6 is 12.4 Å². The van der Waals surface area contributed by atoms with Crippen LogP contribution in [0.1, 0.15) is 54.5 Å². The van der Waals surface area contributed by atoms with Crippen molar-refractivity contribution in [1.82, 2.24) is 10.0 Å². The Morgan fingerprint density at radius 2 is 1.87 bits per heavy atom. The SMILES string of the molecule is Cc1c(C)c(S(=O)(=O)NC(=N)NCCCC(N)C(=O)O)c(C)c2c1C(C)(C)OC2.Cl. The van der Waals surface area contributed by atoms with Crippen LogP contribution in [-0.4, -0.2) is 38.0 Å². The number of sulfonamides is 1. The second-order valence-electron chi connectivity index (χ2n) is 7.85. The van der Waals surface area contributed by atoms with Gasteiger partial charge in [-0.05, 0) is 75.3 Å². The molecule has 0 aliphatic carbocycles. The first-order valence-corrected chi connectivity index (χ1v) is 10.9. The molecule has 1 unspecified atom stereocenters. The van der Waals surface area contributed by atoms with E-state index in [0.717, 1.165) is 16.7 Å². The molecule has 170 valence electrons. The number of aliphatic carboxylic acids is 1. The first kappa shape index (κ1) is 26.2. The fourth-order valence-electron chi connectivity index (χ4n) is 3.79. The van der Waals surface area contributed by atoms with E-state index in [1.165, 1.54) is 0 Å². The van der Waals surface area contributed by atoms with Gasteiger partial charge in [0.05, 0.1) is 17.1 Å². The summed E-state index contributed by atoms with van der Waals surface area (Å²) in [6.45, 7) is 9.91. The minimum absolute atomic E-state index is 0. The average Bonchev–Trinajstić information content (AvgIpc) is 2.91. The maximum Gasteiger partial charge on any atom is 0.320 e. The molecule has 11 heteroatoms. The van der Waals surface area contributed by atoms with E-state index < -0.39 is 27.6 Å². The number of benzene rings is 1. The third-order valence-corrected chi connectivity index (χ3v) is 6.99. The summed E-state index contributed by atoms with van der Waals surface area (Å²) in [7, 11) is -3.98. The van der Waals surface area contributed by atoms with Gasteiger partial charge in [-0.3, -0.25) is 10.2 Å². The van der Waals surface area contributed by atoms with Gasteiger partial charge in [-0.1, -0.05) is 0 Å². The van der Waals surface area contributed by atoms with Crippen molar-refractivity contribution in [2.24, 2.45) is 5.73 Å². The summed E-state index contributed by atoms with van der Waals surface area (Å²) in [5.41, 5.74) is 8.97. The van der Waals surface area contributed by atoms with Crippen LogP contribution in [0.5, 0.6) is 0 Å². The second kappa shape index (κ2) is 9.51. The number of fused-ring (bicyclic) bond motifs is 1. The monoisotopic (exact) mass is 462 g/mol. The van der Waals surface area contributed by atoms with Crippen LogP contribution in [0.3, 0.4) is 0 Å². The molecule has 1 aromatic rings. The number of carboxylic acids is 1. The van der Waals surface area contributed by atoms with Crippen LogP contribution in [0.15, 0.2) is 4.90 Å². The van der Waals surface area contributed by atoms with Crippen molar-refractivity contribution in [2.75, 3.05) is 6.54 Å². The van der Waals surface area contributed by atoms with Gasteiger partial charge in [-0.25, -0.2) is 13.1 Å². The van der Waals surface area contributed by atoms with E-state index in [0.29, 0.717) is 24.2 Å². The lowest BCUT2D eigenvalue weighted by molar-refractivity contribution is -0.138. The van der Waals surface area contributed by atoms with Gasteiger partial charge in [0.15, 0.2) is 0 Å². The number of nitrogens with one attached hydrogen (secondary N) is 3. The molecule has 6 N–H and O–H groups in total. The predicted molar refractivity (Wildman–Crippen MR) is 117 cm³/mol. The first-order chi connectivity index (χ1) is 13.3. The highest BCUT2D eigenvalue weighted by Gasteiger charge is 2.37. The molecule has 0 aromatic heterocycles. The maximum absolute atomic E-state index is 13.0. The lowest BCUT2D eigenvalue weighted by Gasteiger charge is -2.24. The standard InChI is InChI=1S/C19H30N4O5S.ClH/c1-10-11(2)16(12(3)13-9-28-19(4,5)15(10)13)29(26,27)23-18(21)22-8-6-7-14(20)17(24)25;/h14H,6-9,20H2,1-5H3,(H,24,25)(H3,21,22,23);1H. The Morgan fingerprint density at radius 1 is 1.27 bits per heavy atom. The van der Waals surface area contributed by atoms with Gasteiger partial charge in [0.25, 0.3) is 10.0 Å². The van der Waals surface area contributed by atoms with Gasteiger partial charge < -0.3 is 20.9 Å². The van der Waals surface area contributed by atoms with E-state index in [2.05, 4.69) is 10.0 Å². The number of carbonyl (C=O) groups is 1. The van der Waals surface area contributed by atoms with Crippen molar-refractivity contribution in [2.45, 2.75) is 70.6 Å². The highest BCUT2D eigenvalue weighted by molar-refractivity contribution is 7.90. The number of rotatable bonds is 7. The van der Waals surface area contributed by atoms with Crippen LogP contribution in [0.2, 0.25) is 0 Å². The lowest BCUT2D eigenvalue weighted by Crippen LogP contribution is -2.41. The van der Waals surface area contributed by atoms with Gasteiger partial charge in [0, 0.05) is 6.54 Å². The van der Waals surface area contributed by atoms with Crippen molar-refractivity contribution >= 4 is 34.4 Å². The fraction of sp³-hybridized carbons (Fsp3) is 0.579. The fourth-order valence-corrected chi connectivity index (χ4v) is 5.32. The van der Waals surface area contributed by atoms with Gasteiger partial charge in [-0.2, -0.15) is 0 Å². The van der Waals surface area contributed by atoms with Crippen molar-refractivity contribution < 1.29 is 23.1 Å². The summed E-state index contributed by atoms with van der Waals surface area (Å²) in [4.78, 5) is 10.9. The molecule has 0 saturated heterocycles. The molecule has 0 fully saturated rings. The number of ether oxygens (including phenoxy) is 1. The van der Waals surface area contributed by atoms with Crippen LogP contribution in [-0.2, 0) is 31.8 Å². The Morgan fingerprint density at radius 3 is 2.43 bits per heavy atom. The minimum atomic E-state index is -3.98. The summed E-state index contributed by atoms with van der Waals surface area (Å²) in [6, 6.07) is -0.978. The van der Waals surface area contributed by atoms with Gasteiger partial charge >= 0.3 is 5.97 Å². The summed E-state index contributed by atoms with van der Waals surface area (Å²) in [5, 5.41) is 19.3. The van der Waals surface area contributed by atoms with E-state index in [1.54, 1.807) is 13.8 Å². The molecule has 0 saturated carbocycles. The molecular weight excluding hydrogens is 432 g/mol. The Balaban J connectivity index is 0.00000450. The molecule has 30 heavy (non-hydrogen) atoms. The molecule has 0 spiro atoms. The second-order valence-corrected chi connectivity index (χ2v) is 9.47. The van der Waals surface area contributed by atoms with Gasteiger partial charge in [0.2, 0.25) is 5.96 Å². The van der Waals surface area contributed by atoms with E-state index in [9.17, 15) is 13.2 Å². The van der Waals surface area contributed by atoms with Gasteiger partial charge in [0.1, 0.15) is 6.04 Å². The van der Waals surface area contributed by atoms with Crippen LogP contribution in [0.25, 0.3) is 0 Å². The molecule has 1 aliphatic heterocycles. The minimum Gasteiger partial charge on any atom is -0.480 e. The Kier molecular flexibility index (Phi) is 8.29. The molecule has 1 aliphatic rings. The highest BCUT2D eigenvalue weighted by Crippen LogP contribution is 2.43. The Labute approximate surface area is 183 Å². The molecule has 1 atom stereocenters. The zero-order valence-electron chi connectivity index (χ0n) is 17.9. The number of carboxylic acid groups (broad SMARTS) is 1. The van der Waals surface area contributed by atoms with Crippen LogP contribution in [0.4, 0.5) is 0 Å². The van der Waals surface area contributed by atoms with Crippen molar-refractivity contribution in [1.29, 1.82) is 5.41 Å². The lowest BCUT2D eigenvalue weighted by atomic mass is 9.87. The smallest absolute Gasteiger partial charge is 0.320 e. The molecule has 9 nitrogen and oxygen atoms in total. The number of halogens is 1. The van der Waals surface area contributed by atoms with Crippen molar-refractivity contribution in [3.8, 4) is 0 Å². The zero-order chi connectivity index (χ0) is 22.1. The average molecular weight is 463 g/mol. The summed E-state index contributed by atoms with van der Waals surface area (Å²) in [6.07, 6.45) is 0.611. The predicted octanol–water partition coefficient (Wildman–Crippen LogP) is 1.79. The number of guanidine groups is 1. The molecule has 1 aromatic carbocycles. The van der Waals surface area contributed by atoms with E-state index >= 15 is 0 Å². The molecule has 0 amide bonds. The number of nitrogens with two attached hydrogens (primary N) is 1. The third-order valence-electron chi connectivity index (χ3n) is 5.37. The summed E-state index contributed by atoms with van der Waals surface area (Å²) >= 11 is 0. The molecular formula is C19H31ClN4O5S. The molecule has 0 bridgehead atoms. The largest absolute Gasteiger partial charge is 0.480 e. The van der Waals surface area contributed by atoms with Crippen molar-refractivity contribution in [3.05, 3.63) is 27.8 Å². The third kappa shape index (κ3) is 5.23. The molecule has 0 radical (unpaired) electrons. The number of hydrogen-bond donors (Lipinski definition) is 5. The van der Waals surface area contributed by atoms with Gasteiger partial charge in [-0.15, -0.1) is 12.4 Å². The van der Waals surface area contributed by atoms with Crippen molar-refractivity contribution in [3.63, 3.8) is 0 Å². The topological polar surface area (TPSA) is 155 Å². The molecule has 2 rings (SSSR count). The summed E-state index contributed by atoms with van der Waals surface area (Å²) in [5.74, 6) is -1.46. The van der Waals surface area contributed by atoms with Crippen LogP contribution < -0.4 is 15.8 Å². The quantitative estimate of drug-likeness (QED) is 0.235. The molecule has 1 heterocycles. The highest BCUT2D eigenvalue weighted by atomic mass is 35.5. The first-order valence-electron chi connectivity index (χ1n) is 9.40. The van der Waals surface area contributed by atoms with E-state index in [4.69, 9.17) is 21.0 Å². The Hall–Kier alpha value is -1.88. The number of hydrogen-bond acceptors (Lipinski definition) is 6. The van der Waals surface area contributed by atoms with E-state index in [1.807, 2.05) is 20.8 Å². The van der Waals surface area contributed by atoms with E-state index in [-0.39, 0.29) is 36.2 Å². The normalized spacial score (nSPS) is 15.7. The van der Waals surface area contributed by atoms with Crippen LogP contribution in [0, 0.1) is 26.2 Å². The maximum atomic E-state index is 13.0. The zero-order valence-corrected chi connectivity index (χ0v) is 19.5.